The summed E-state index contributed by atoms with van der Waals surface area (Å²) in [7, 11) is 0. The molecule has 0 saturated heterocycles. The minimum atomic E-state index is 0.767. The van der Waals surface area contributed by atoms with Gasteiger partial charge in [0.05, 0.1) is 5.52 Å². The topological polar surface area (TPSA) is 25.8 Å². The van der Waals surface area contributed by atoms with Crippen molar-refractivity contribution < 1.29 is 0 Å². The molecule has 0 fully saturated rings. The number of rotatable bonds is 2. The van der Waals surface area contributed by atoms with Crippen LogP contribution in [0.5, 0.6) is 0 Å². The Bertz CT molecular complexity index is 1030. The third-order valence-corrected chi connectivity index (χ3v) is 4.42. The van der Waals surface area contributed by atoms with E-state index in [0.29, 0.717) is 0 Å². The van der Waals surface area contributed by atoms with Crippen molar-refractivity contribution in [3.05, 3.63) is 84.1 Å². The monoisotopic (exact) mass is 310 g/mol. The summed E-state index contributed by atoms with van der Waals surface area (Å²) in [4.78, 5) is 9.27. The average molecular weight is 310 g/mol. The lowest BCUT2D eigenvalue weighted by Crippen LogP contribution is -1.92. The lowest BCUT2D eigenvalue weighted by molar-refractivity contribution is 1.22. The minimum absolute atomic E-state index is 0.767. The van der Waals surface area contributed by atoms with Gasteiger partial charge in [-0.15, -0.1) is 0 Å². The van der Waals surface area contributed by atoms with E-state index in [2.05, 4.69) is 61.3 Å². The van der Waals surface area contributed by atoms with Crippen molar-refractivity contribution in [3.8, 4) is 22.5 Å². The first-order valence-electron chi connectivity index (χ1n) is 8.11. The first-order chi connectivity index (χ1) is 11.7. The van der Waals surface area contributed by atoms with E-state index in [-0.39, 0.29) is 0 Å². The van der Waals surface area contributed by atoms with Crippen LogP contribution >= 0.6 is 0 Å². The van der Waals surface area contributed by atoms with Gasteiger partial charge in [-0.25, -0.2) is 9.97 Å². The van der Waals surface area contributed by atoms with Gasteiger partial charge in [-0.3, -0.25) is 0 Å². The third kappa shape index (κ3) is 2.56. The molecule has 0 amide bonds. The number of hydrogen-bond donors (Lipinski definition) is 0. The maximum Gasteiger partial charge on any atom is 0.159 e. The van der Waals surface area contributed by atoms with E-state index in [0.717, 1.165) is 22.3 Å². The summed E-state index contributed by atoms with van der Waals surface area (Å²) in [6.45, 7) is 4.29. The van der Waals surface area contributed by atoms with Crippen LogP contribution in [0.4, 0.5) is 0 Å². The zero-order valence-corrected chi connectivity index (χ0v) is 13.8. The Balaban J connectivity index is 1.87. The molecule has 1 aromatic heterocycles. The van der Waals surface area contributed by atoms with Crippen LogP contribution in [-0.4, -0.2) is 9.97 Å². The molecule has 2 nitrogen and oxygen atoms in total. The van der Waals surface area contributed by atoms with Crippen LogP contribution in [0.3, 0.4) is 0 Å². The molecule has 3 aromatic carbocycles. The number of nitrogens with zero attached hydrogens (tertiary/aromatic N) is 2. The SMILES string of the molecule is Cc1ccccc1-c1cc(-c2ncc3ccccc3n2)ccc1C. The summed E-state index contributed by atoms with van der Waals surface area (Å²) in [5.41, 5.74) is 7.05. The second-order valence-electron chi connectivity index (χ2n) is 6.10. The van der Waals surface area contributed by atoms with Gasteiger partial charge in [0.2, 0.25) is 0 Å². The smallest absolute Gasteiger partial charge is 0.159 e. The van der Waals surface area contributed by atoms with Gasteiger partial charge in [0, 0.05) is 17.1 Å². The molecule has 4 rings (SSSR count). The first-order valence-corrected chi connectivity index (χ1v) is 8.11. The summed E-state index contributed by atoms with van der Waals surface area (Å²) < 4.78 is 0. The summed E-state index contributed by atoms with van der Waals surface area (Å²) in [6, 6.07) is 23.0. The molecule has 0 atom stereocenters. The second kappa shape index (κ2) is 5.89. The molecule has 0 saturated carbocycles. The molecule has 1 heterocycles. The number of aryl methyl sites for hydroxylation is 2. The van der Waals surface area contributed by atoms with E-state index < -0.39 is 0 Å². The van der Waals surface area contributed by atoms with Gasteiger partial charge in [0.1, 0.15) is 0 Å². The summed E-state index contributed by atoms with van der Waals surface area (Å²) in [5, 5.41) is 1.06. The van der Waals surface area contributed by atoms with E-state index in [9.17, 15) is 0 Å². The summed E-state index contributed by atoms with van der Waals surface area (Å²) >= 11 is 0. The summed E-state index contributed by atoms with van der Waals surface area (Å²) in [5.74, 6) is 0.767. The van der Waals surface area contributed by atoms with Crippen molar-refractivity contribution in [1.82, 2.24) is 9.97 Å². The van der Waals surface area contributed by atoms with Gasteiger partial charge >= 0.3 is 0 Å². The van der Waals surface area contributed by atoms with Crippen molar-refractivity contribution in [1.29, 1.82) is 0 Å². The van der Waals surface area contributed by atoms with E-state index in [1.807, 2.05) is 30.5 Å². The largest absolute Gasteiger partial charge is 0.236 e. The maximum absolute atomic E-state index is 4.72. The van der Waals surface area contributed by atoms with Gasteiger partial charge < -0.3 is 0 Å². The van der Waals surface area contributed by atoms with Crippen LogP contribution in [0.2, 0.25) is 0 Å². The van der Waals surface area contributed by atoms with Gasteiger partial charge in [0.15, 0.2) is 5.82 Å². The Labute approximate surface area is 141 Å². The lowest BCUT2D eigenvalue weighted by atomic mass is 9.95. The zero-order valence-electron chi connectivity index (χ0n) is 13.8. The first kappa shape index (κ1) is 14.6. The van der Waals surface area contributed by atoms with Crippen molar-refractivity contribution in [3.63, 3.8) is 0 Å². The van der Waals surface area contributed by atoms with Gasteiger partial charge in [-0.2, -0.15) is 0 Å². The van der Waals surface area contributed by atoms with Crippen molar-refractivity contribution in [2.24, 2.45) is 0 Å². The molecule has 0 aliphatic carbocycles. The predicted octanol–water partition coefficient (Wildman–Crippen LogP) is 5.58. The van der Waals surface area contributed by atoms with Crippen LogP contribution in [0.15, 0.2) is 72.9 Å². The molecule has 2 heteroatoms. The number of fused-ring (bicyclic) bond motifs is 1. The second-order valence-corrected chi connectivity index (χ2v) is 6.10. The van der Waals surface area contributed by atoms with E-state index in [1.165, 1.54) is 22.3 Å². The Hall–Kier alpha value is -3.00. The molecule has 0 radical (unpaired) electrons. The highest BCUT2D eigenvalue weighted by molar-refractivity contribution is 5.81. The van der Waals surface area contributed by atoms with E-state index in [1.54, 1.807) is 0 Å². The molecule has 24 heavy (non-hydrogen) atoms. The quantitative estimate of drug-likeness (QED) is 0.483. The van der Waals surface area contributed by atoms with Gasteiger partial charge in [0.25, 0.3) is 0 Å². The molecule has 4 aromatic rings. The minimum Gasteiger partial charge on any atom is -0.236 e. The van der Waals surface area contributed by atoms with Crippen LogP contribution in [-0.2, 0) is 0 Å². The Morgan fingerprint density at radius 3 is 2.33 bits per heavy atom. The molecule has 116 valence electrons. The fourth-order valence-corrected chi connectivity index (χ4v) is 3.04. The number of para-hydroxylation sites is 1. The van der Waals surface area contributed by atoms with Crippen molar-refractivity contribution in [2.45, 2.75) is 13.8 Å². The maximum atomic E-state index is 4.72. The fraction of sp³-hybridized carbons (Fsp3) is 0.0909. The Morgan fingerprint density at radius 1 is 0.708 bits per heavy atom. The molecule has 0 bridgehead atoms. The number of benzene rings is 3. The number of hydrogen-bond acceptors (Lipinski definition) is 2. The molecular weight excluding hydrogens is 292 g/mol. The molecule has 0 N–H and O–H groups in total. The Kier molecular flexibility index (Phi) is 3.58. The standard InChI is InChI=1S/C22H18N2/c1-15-7-3-5-9-19(15)20-13-17(12-11-16(20)2)22-23-14-18-8-4-6-10-21(18)24-22/h3-14H,1-2H3. The fourth-order valence-electron chi connectivity index (χ4n) is 3.04. The highest BCUT2D eigenvalue weighted by Gasteiger charge is 2.09. The Morgan fingerprint density at radius 2 is 1.46 bits per heavy atom. The predicted molar refractivity (Wildman–Crippen MR) is 99.9 cm³/mol. The molecule has 0 aliphatic heterocycles. The van der Waals surface area contributed by atoms with Gasteiger partial charge in [-0.05, 0) is 48.2 Å². The number of aromatic nitrogens is 2. The average Bonchev–Trinajstić information content (AvgIpc) is 2.62. The zero-order chi connectivity index (χ0) is 16.5. The van der Waals surface area contributed by atoms with Crippen LogP contribution in [0.25, 0.3) is 33.4 Å². The van der Waals surface area contributed by atoms with Crippen LogP contribution in [0, 0.1) is 13.8 Å². The normalized spacial score (nSPS) is 10.9. The van der Waals surface area contributed by atoms with Gasteiger partial charge in [-0.1, -0.05) is 54.6 Å². The van der Waals surface area contributed by atoms with E-state index in [4.69, 9.17) is 4.98 Å². The molecule has 0 spiro atoms. The molecular formula is C22H18N2. The van der Waals surface area contributed by atoms with Crippen LogP contribution < -0.4 is 0 Å². The lowest BCUT2D eigenvalue weighted by Gasteiger charge is -2.11. The highest BCUT2D eigenvalue weighted by atomic mass is 14.9. The van der Waals surface area contributed by atoms with Crippen molar-refractivity contribution >= 4 is 10.9 Å². The van der Waals surface area contributed by atoms with Crippen molar-refractivity contribution in [2.75, 3.05) is 0 Å². The molecule has 0 aliphatic rings. The highest BCUT2D eigenvalue weighted by Crippen LogP contribution is 2.30. The molecule has 0 unspecified atom stereocenters. The van der Waals surface area contributed by atoms with Crippen LogP contribution in [0.1, 0.15) is 11.1 Å². The third-order valence-electron chi connectivity index (χ3n) is 4.42. The summed E-state index contributed by atoms with van der Waals surface area (Å²) in [6.07, 6.45) is 1.89. The van der Waals surface area contributed by atoms with E-state index >= 15 is 0 Å².